The molecule has 1 fully saturated rings. The lowest BCUT2D eigenvalue weighted by Crippen LogP contribution is -2.39. The van der Waals surface area contributed by atoms with Crippen molar-refractivity contribution in [1.82, 2.24) is 5.32 Å². The summed E-state index contributed by atoms with van der Waals surface area (Å²) in [6.07, 6.45) is 1.48. The van der Waals surface area contributed by atoms with Crippen LogP contribution in [0.3, 0.4) is 0 Å². The number of aliphatic hydroxyl groups excluding tert-OH is 1. The number of halogens is 1. The monoisotopic (exact) mass is 224 g/mol. The highest BCUT2D eigenvalue weighted by atomic mass is 19.1. The molecule has 4 N–H and O–H groups in total. The number of nitrogens with two attached hydrogens (primary N) is 1. The summed E-state index contributed by atoms with van der Waals surface area (Å²) in [5, 5.41) is 11.7. The van der Waals surface area contributed by atoms with Gasteiger partial charge in [0.15, 0.2) is 0 Å². The van der Waals surface area contributed by atoms with Crippen molar-refractivity contribution in [3.63, 3.8) is 0 Å². The van der Waals surface area contributed by atoms with Crippen LogP contribution in [0.25, 0.3) is 0 Å². The fraction of sp³-hybridized carbons (Fsp3) is 0.364. The van der Waals surface area contributed by atoms with E-state index < -0.39 is 17.3 Å². The first-order chi connectivity index (χ1) is 7.56. The minimum absolute atomic E-state index is 0.103. The Hall–Kier alpha value is -1.62. The van der Waals surface area contributed by atoms with Crippen molar-refractivity contribution < 1.29 is 14.3 Å². The first-order valence-electron chi connectivity index (χ1n) is 5.05. The van der Waals surface area contributed by atoms with E-state index in [0.717, 1.165) is 18.9 Å². The van der Waals surface area contributed by atoms with Crippen LogP contribution in [-0.2, 0) is 0 Å². The largest absolute Gasteiger partial charge is 0.398 e. The zero-order valence-corrected chi connectivity index (χ0v) is 8.66. The van der Waals surface area contributed by atoms with Crippen LogP contribution in [0.5, 0.6) is 0 Å². The maximum absolute atomic E-state index is 13.0. The zero-order valence-electron chi connectivity index (χ0n) is 8.66. The Balaban J connectivity index is 2.17. The highest BCUT2D eigenvalue weighted by Crippen LogP contribution is 2.35. The second-order valence-electron chi connectivity index (χ2n) is 4.12. The molecule has 0 aromatic heterocycles. The molecule has 0 bridgehead atoms. The van der Waals surface area contributed by atoms with Gasteiger partial charge in [-0.15, -0.1) is 0 Å². The number of nitrogens with one attached hydrogen (secondary N) is 1. The van der Waals surface area contributed by atoms with Gasteiger partial charge in [-0.05, 0) is 31.0 Å². The lowest BCUT2D eigenvalue weighted by molar-refractivity contribution is 0.0907. The molecule has 86 valence electrons. The number of hydrogen-bond donors (Lipinski definition) is 3. The predicted octanol–water partition coefficient (Wildman–Crippen LogP) is 0.663. The maximum atomic E-state index is 13.0. The van der Waals surface area contributed by atoms with Crippen molar-refractivity contribution in [2.75, 3.05) is 12.3 Å². The van der Waals surface area contributed by atoms with Gasteiger partial charge in [-0.3, -0.25) is 4.79 Å². The highest BCUT2D eigenvalue weighted by Gasteiger charge is 2.43. The molecule has 0 spiro atoms. The molecule has 1 amide bonds. The number of benzene rings is 1. The molecule has 1 aliphatic carbocycles. The molecule has 0 aliphatic heterocycles. The van der Waals surface area contributed by atoms with Gasteiger partial charge < -0.3 is 16.2 Å². The summed E-state index contributed by atoms with van der Waals surface area (Å²) < 4.78 is 13.0. The van der Waals surface area contributed by atoms with Gasteiger partial charge in [-0.1, -0.05) is 0 Å². The molecular formula is C11H13FN2O2. The van der Waals surface area contributed by atoms with Crippen LogP contribution >= 0.6 is 0 Å². The average Bonchev–Trinajstić information content (AvgIpc) is 3.02. The summed E-state index contributed by atoms with van der Waals surface area (Å²) in [4.78, 5) is 11.8. The third-order valence-corrected chi connectivity index (χ3v) is 2.79. The Kier molecular flexibility index (Phi) is 2.55. The fourth-order valence-corrected chi connectivity index (χ4v) is 1.51. The van der Waals surface area contributed by atoms with E-state index in [1.54, 1.807) is 0 Å². The molecule has 5 heteroatoms. The first-order valence-corrected chi connectivity index (χ1v) is 5.05. The van der Waals surface area contributed by atoms with Gasteiger partial charge in [0.05, 0.1) is 17.7 Å². The van der Waals surface area contributed by atoms with Gasteiger partial charge in [0, 0.05) is 5.69 Å². The SMILES string of the molecule is Nc1ccc(F)cc1C(=O)NC1(CO)CC1. The van der Waals surface area contributed by atoms with E-state index in [1.807, 2.05) is 0 Å². The third kappa shape index (κ3) is 1.99. The molecule has 16 heavy (non-hydrogen) atoms. The molecule has 2 rings (SSSR count). The van der Waals surface area contributed by atoms with Gasteiger partial charge in [-0.25, -0.2) is 4.39 Å². The van der Waals surface area contributed by atoms with Gasteiger partial charge in [0.1, 0.15) is 5.82 Å². The number of nitrogen functional groups attached to an aromatic ring is 1. The van der Waals surface area contributed by atoms with Gasteiger partial charge in [0.2, 0.25) is 0 Å². The normalized spacial score (nSPS) is 16.9. The second-order valence-corrected chi connectivity index (χ2v) is 4.12. The van der Waals surface area contributed by atoms with Crippen molar-refractivity contribution in [3.05, 3.63) is 29.6 Å². The molecule has 1 saturated carbocycles. The van der Waals surface area contributed by atoms with Crippen molar-refractivity contribution in [2.24, 2.45) is 0 Å². The number of carbonyl (C=O) groups is 1. The summed E-state index contributed by atoms with van der Waals surface area (Å²) in [6.45, 7) is -0.103. The van der Waals surface area contributed by atoms with E-state index in [1.165, 1.54) is 12.1 Å². The van der Waals surface area contributed by atoms with Crippen LogP contribution < -0.4 is 11.1 Å². The topological polar surface area (TPSA) is 75.4 Å². The Bertz CT molecular complexity index is 430. The molecule has 1 aromatic carbocycles. The fourth-order valence-electron chi connectivity index (χ4n) is 1.51. The Morgan fingerprint density at radius 2 is 2.25 bits per heavy atom. The molecule has 0 atom stereocenters. The quantitative estimate of drug-likeness (QED) is 0.660. The third-order valence-electron chi connectivity index (χ3n) is 2.79. The van der Waals surface area contributed by atoms with Crippen molar-refractivity contribution >= 4 is 11.6 Å². The number of aliphatic hydroxyl groups is 1. The van der Waals surface area contributed by atoms with Crippen LogP contribution in [0.15, 0.2) is 18.2 Å². The zero-order chi connectivity index (χ0) is 11.8. The van der Waals surface area contributed by atoms with Gasteiger partial charge in [0.25, 0.3) is 5.91 Å². The van der Waals surface area contributed by atoms with Gasteiger partial charge >= 0.3 is 0 Å². The number of hydrogen-bond acceptors (Lipinski definition) is 3. The molecule has 0 radical (unpaired) electrons. The van der Waals surface area contributed by atoms with Crippen molar-refractivity contribution in [1.29, 1.82) is 0 Å². The summed E-state index contributed by atoms with van der Waals surface area (Å²) in [7, 11) is 0. The van der Waals surface area contributed by atoms with Crippen LogP contribution in [0.2, 0.25) is 0 Å². The molecule has 1 aliphatic rings. The molecule has 1 aromatic rings. The Labute approximate surface area is 92.3 Å². The number of carbonyl (C=O) groups excluding carboxylic acids is 1. The minimum atomic E-state index is -0.518. The number of rotatable bonds is 3. The predicted molar refractivity (Wildman–Crippen MR) is 57.3 cm³/mol. The smallest absolute Gasteiger partial charge is 0.253 e. The molecule has 0 heterocycles. The lowest BCUT2D eigenvalue weighted by Gasteiger charge is -2.15. The Morgan fingerprint density at radius 1 is 1.56 bits per heavy atom. The van der Waals surface area contributed by atoms with Crippen molar-refractivity contribution in [3.8, 4) is 0 Å². The van der Waals surface area contributed by atoms with E-state index >= 15 is 0 Å². The lowest BCUT2D eigenvalue weighted by atomic mass is 10.1. The van der Waals surface area contributed by atoms with E-state index in [4.69, 9.17) is 10.8 Å². The van der Waals surface area contributed by atoms with E-state index in [0.29, 0.717) is 0 Å². The van der Waals surface area contributed by atoms with Crippen LogP contribution in [0.4, 0.5) is 10.1 Å². The van der Waals surface area contributed by atoms with E-state index in [-0.39, 0.29) is 17.9 Å². The summed E-state index contributed by atoms with van der Waals surface area (Å²) in [5.74, 6) is -0.947. The number of anilines is 1. The molecule has 0 saturated heterocycles. The van der Waals surface area contributed by atoms with Crippen LogP contribution in [-0.4, -0.2) is 23.2 Å². The molecular weight excluding hydrogens is 211 g/mol. The van der Waals surface area contributed by atoms with E-state index in [9.17, 15) is 9.18 Å². The summed E-state index contributed by atoms with van der Waals surface area (Å²) in [6, 6.07) is 3.64. The molecule has 0 unspecified atom stereocenters. The van der Waals surface area contributed by atoms with Gasteiger partial charge in [-0.2, -0.15) is 0 Å². The highest BCUT2D eigenvalue weighted by molar-refractivity contribution is 5.99. The summed E-state index contributed by atoms with van der Waals surface area (Å²) >= 11 is 0. The Morgan fingerprint density at radius 3 is 2.81 bits per heavy atom. The average molecular weight is 224 g/mol. The van der Waals surface area contributed by atoms with Crippen LogP contribution in [0, 0.1) is 5.82 Å². The minimum Gasteiger partial charge on any atom is -0.398 e. The summed E-state index contributed by atoms with van der Waals surface area (Å²) in [5.41, 5.74) is 5.40. The standard InChI is InChI=1S/C11H13FN2O2/c12-7-1-2-9(13)8(5-7)10(16)14-11(6-15)3-4-11/h1-2,5,15H,3-4,6,13H2,(H,14,16). The number of amides is 1. The van der Waals surface area contributed by atoms with Crippen LogP contribution in [0.1, 0.15) is 23.2 Å². The van der Waals surface area contributed by atoms with Crippen molar-refractivity contribution in [2.45, 2.75) is 18.4 Å². The van der Waals surface area contributed by atoms with E-state index in [2.05, 4.69) is 5.32 Å². The second kappa shape index (κ2) is 3.75. The first kappa shape index (κ1) is 10.9. The molecule has 4 nitrogen and oxygen atoms in total. The maximum Gasteiger partial charge on any atom is 0.253 e.